The van der Waals surface area contributed by atoms with Crippen molar-refractivity contribution in [3.05, 3.63) is 48.1 Å². The lowest BCUT2D eigenvalue weighted by Crippen LogP contribution is -2.56. The SMILES string of the molecule is CC(C)(C)OC(=O)N(C(=O)OC(C)(C)C)c1nc(-c2cn3ccnc3c(N(C(=O)OC(C)(C)C)c3ccc(N4CCN(C5COC5)CC4)c(OCCOPI)c3)n2)cnc1Cl. The van der Waals surface area contributed by atoms with E-state index in [0.29, 0.717) is 34.6 Å². The van der Waals surface area contributed by atoms with Gasteiger partial charge in [-0.25, -0.2) is 39.2 Å². The van der Waals surface area contributed by atoms with E-state index in [9.17, 15) is 14.4 Å². The number of fused-ring (bicyclic) bond motifs is 1. The summed E-state index contributed by atoms with van der Waals surface area (Å²) in [5.74, 6) is 0.266. The van der Waals surface area contributed by atoms with Crippen LogP contribution in [0, 0.1) is 0 Å². The van der Waals surface area contributed by atoms with Crippen LogP contribution in [0.4, 0.5) is 37.4 Å². The third kappa shape index (κ3) is 11.9. The lowest BCUT2D eigenvalue weighted by atomic mass is 10.1. The highest BCUT2D eigenvalue weighted by Gasteiger charge is 2.37. The first-order valence-corrected chi connectivity index (χ1v) is 24.1. The van der Waals surface area contributed by atoms with Crippen LogP contribution in [-0.4, -0.2) is 123 Å². The van der Waals surface area contributed by atoms with Gasteiger partial charge in [-0.3, -0.25) is 4.90 Å². The molecule has 6 rings (SSSR count). The van der Waals surface area contributed by atoms with E-state index in [0.717, 1.165) is 45.1 Å². The molecule has 18 nitrogen and oxygen atoms in total. The normalized spacial score (nSPS) is 15.5. The molecule has 0 spiro atoms. The number of imidazole rings is 1. The largest absolute Gasteiger partial charge is 0.489 e. The minimum Gasteiger partial charge on any atom is -0.489 e. The smallest absolute Gasteiger partial charge is 0.425 e. The molecule has 1 atom stereocenters. The number of amides is 3. The Labute approximate surface area is 374 Å². The molecule has 0 radical (unpaired) electrons. The fourth-order valence-electron chi connectivity index (χ4n) is 6.32. The number of ether oxygens (including phenoxy) is 5. The molecule has 3 aromatic heterocycles. The Morgan fingerprint density at radius 3 is 2.07 bits per heavy atom. The fraction of sp³-hybridized carbons (Fsp3) is 0.525. The average Bonchev–Trinajstić information content (AvgIpc) is 3.61. The average molecular weight is 996 g/mol. The summed E-state index contributed by atoms with van der Waals surface area (Å²) in [6, 6.07) is 5.96. The third-order valence-corrected chi connectivity index (χ3v) is 10.5. The number of anilines is 4. The van der Waals surface area contributed by atoms with Crippen molar-refractivity contribution in [2.75, 3.05) is 67.3 Å². The maximum absolute atomic E-state index is 14.5. The molecule has 2 aliphatic rings. The van der Waals surface area contributed by atoms with E-state index >= 15 is 0 Å². The van der Waals surface area contributed by atoms with Crippen LogP contribution >= 0.6 is 40.1 Å². The van der Waals surface area contributed by atoms with Gasteiger partial charge in [-0.15, -0.1) is 0 Å². The Morgan fingerprint density at radius 2 is 1.48 bits per heavy atom. The van der Waals surface area contributed by atoms with Crippen LogP contribution in [0.2, 0.25) is 5.15 Å². The van der Waals surface area contributed by atoms with E-state index < -0.39 is 35.1 Å². The van der Waals surface area contributed by atoms with Crippen molar-refractivity contribution in [2.45, 2.75) is 85.2 Å². The zero-order chi connectivity index (χ0) is 44.3. The molecule has 2 fully saturated rings. The van der Waals surface area contributed by atoms with Crippen LogP contribution in [0.15, 0.2) is 43.0 Å². The van der Waals surface area contributed by atoms with Crippen molar-refractivity contribution >= 4 is 87.0 Å². The van der Waals surface area contributed by atoms with E-state index in [1.165, 1.54) is 11.1 Å². The van der Waals surface area contributed by atoms with Gasteiger partial charge in [-0.1, -0.05) is 11.6 Å². The van der Waals surface area contributed by atoms with Crippen molar-refractivity contribution in [1.29, 1.82) is 0 Å². The van der Waals surface area contributed by atoms with Crippen molar-refractivity contribution in [3.8, 4) is 17.1 Å². The molecule has 4 aromatic rings. The molecule has 21 heteroatoms. The summed E-state index contributed by atoms with van der Waals surface area (Å²) in [5, 5.41) is -0.282. The second-order valence-corrected chi connectivity index (χ2v) is 19.4. The van der Waals surface area contributed by atoms with Crippen LogP contribution in [-0.2, 0) is 23.5 Å². The summed E-state index contributed by atoms with van der Waals surface area (Å²) < 4.78 is 36.2. The molecule has 1 unspecified atom stereocenters. The number of hydrogen-bond donors (Lipinski definition) is 0. The van der Waals surface area contributed by atoms with E-state index in [4.69, 9.17) is 44.8 Å². The minimum absolute atomic E-state index is 0.0793. The molecule has 1 aromatic carbocycles. The van der Waals surface area contributed by atoms with Crippen LogP contribution < -0.4 is 19.4 Å². The number of carbonyl (C=O) groups excluding carboxylic acids is 3. The lowest BCUT2D eigenvalue weighted by molar-refractivity contribution is -0.0660. The van der Waals surface area contributed by atoms with E-state index in [1.807, 2.05) is 12.1 Å². The Balaban J connectivity index is 1.45. The van der Waals surface area contributed by atoms with Crippen LogP contribution in [0.1, 0.15) is 62.3 Å². The second kappa shape index (κ2) is 19.1. The molecule has 5 heterocycles. The summed E-state index contributed by atoms with van der Waals surface area (Å²) in [4.78, 5) is 66.7. The number of imide groups is 1. The fourth-order valence-corrected chi connectivity index (χ4v) is 7.31. The predicted octanol–water partition coefficient (Wildman–Crippen LogP) is 8.45. The lowest BCUT2D eigenvalue weighted by Gasteiger charge is -2.43. The van der Waals surface area contributed by atoms with Gasteiger partial charge < -0.3 is 37.5 Å². The molecule has 0 bridgehead atoms. The first-order valence-electron chi connectivity index (χ1n) is 19.7. The predicted molar refractivity (Wildman–Crippen MR) is 241 cm³/mol. The number of rotatable bonds is 11. The first kappa shape index (κ1) is 46.4. The summed E-state index contributed by atoms with van der Waals surface area (Å²) in [5.41, 5.74) is -1.07. The molecule has 2 aliphatic heterocycles. The molecule has 0 saturated carbocycles. The topological polar surface area (TPSA) is 176 Å². The van der Waals surface area contributed by atoms with E-state index in [2.05, 4.69) is 46.8 Å². The van der Waals surface area contributed by atoms with E-state index in [1.54, 1.807) is 91.4 Å². The second-order valence-electron chi connectivity index (χ2n) is 17.2. The highest BCUT2D eigenvalue weighted by molar-refractivity contribution is 14.2. The summed E-state index contributed by atoms with van der Waals surface area (Å²) in [6.07, 6.45) is 3.28. The molecule has 0 N–H and O–H groups in total. The standard InChI is InChI=1S/C40H52ClIN9O9P/c1-38(2,3)58-35(52)50(25-10-11-29(30(20-25)56-18-19-57-61-42)48-16-14-47(15-17-48)26-23-55-24-26)34-33-43-12-13-49(33)22-28(46-34)27-21-44-31(41)32(45-27)51(36(53)59-39(4,5)6)37(54)60-40(7,8)9/h10-13,20-22,26,61H,14-19,23-24H2,1-9H3. The van der Waals surface area contributed by atoms with Gasteiger partial charge in [-0.05, 0) is 96.5 Å². The number of hydrogen-bond acceptors (Lipinski definition) is 15. The van der Waals surface area contributed by atoms with Gasteiger partial charge in [0, 0.05) is 50.8 Å². The zero-order valence-electron chi connectivity index (χ0n) is 35.7. The van der Waals surface area contributed by atoms with Crippen molar-refractivity contribution in [1.82, 2.24) is 29.2 Å². The van der Waals surface area contributed by atoms with Gasteiger partial charge in [0.15, 0.2) is 22.4 Å². The summed E-state index contributed by atoms with van der Waals surface area (Å²) in [7, 11) is 0. The van der Waals surface area contributed by atoms with Gasteiger partial charge in [0.1, 0.15) is 40.5 Å². The number of carbonyl (C=O) groups is 3. The Kier molecular flexibility index (Phi) is 14.5. The Morgan fingerprint density at radius 1 is 0.852 bits per heavy atom. The molecular weight excluding hydrogens is 944 g/mol. The molecule has 330 valence electrons. The van der Waals surface area contributed by atoms with Crippen LogP contribution in [0.5, 0.6) is 5.75 Å². The van der Waals surface area contributed by atoms with Crippen LogP contribution in [0.25, 0.3) is 17.0 Å². The molecule has 61 heavy (non-hydrogen) atoms. The van der Waals surface area contributed by atoms with Crippen molar-refractivity contribution in [3.63, 3.8) is 0 Å². The van der Waals surface area contributed by atoms with Gasteiger partial charge >= 0.3 is 18.3 Å². The zero-order valence-corrected chi connectivity index (χ0v) is 39.6. The van der Waals surface area contributed by atoms with E-state index in [-0.39, 0.29) is 41.2 Å². The Hall–Kier alpha value is -4.14. The van der Waals surface area contributed by atoms with Crippen molar-refractivity contribution in [2.24, 2.45) is 0 Å². The van der Waals surface area contributed by atoms with Gasteiger partial charge in [0.05, 0.1) is 49.9 Å². The highest BCUT2D eigenvalue weighted by Crippen LogP contribution is 2.39. The number of nitrogens with zero attached hydrogens (tertiary/aromatic N) is 9. The molecule has 2 saturated heterocycles. The molecule has 0 aliphatic carbocycles. The number of piperazine rings is 1. The molecule has 3 amide bonds. The highest BCUT2D eigenvalue weighted by atomic mass is 127. The number of benzene rings is 1. The van der Waals surface area contributed by atoms with Crippen molar-refractivity contribution < 1.29 is 42.6 Å². The van der Waals surface area contributed by atoms with Crippen LogP contribution in [0.3, 0.4) is 0 Å². The minimum atomic E-state index is -1.08. The number of aromatic nitrogens is 5. The monoisotopic (exact) mass is 995 g/mol. The van der Waals surface area contributed by atoms with Gasteiger partial charge in [0.2, 0.25) is 0 Å². The van der Waals surface area contributed by atoms with Gasteiger partial charge in [-0.2, -0.15) is 4.90 Å². The quantitative estimate of drug-likeness (QED) is 0.0605. The summed E-state index contributed by atoms with van der Waals surface area (Å²) in [6.45, 7) is 20.9. The maximum atomic E-state index is 14.5. The third-order valence-electron chi connectivity index (χ3n) is 8.97. The first-order chi connectivity index (χ1) is 28.7. The summed E-state index contributed by atoms with van der Waals surface area (Å²) >= 11 is 8.72. The maximum Gasteiger partial charge on any atom is 0.425 e. The Bertz CT molecular complexity index is 2190. The molecular formula is C40H52ClIN9O9P. The number of halogens is 2. The van der Waals surface area contributed by atoms with Gasteiger partial charge in [0.25, 0.3) is 0 Å².